The lowest BCUT2D eigenvalue weighted by molar-refractivity contribution is 0.661. The molecule has 0 radical (unpaired) electrons. The molecule has 0 bridgehead atoms. The van der Waals surface area contributed by atoms with Crippen LogP contribution < -0.4 is 10.6 Å². The number of halogens is 1. The minimum atomic E-state index is 0. The summed E-state index contributed by atoms with van der Waals surface area (Å²) in [5.41, 5.74) is 3.68. The Labute approximate surface area is 189 Å². The van der Waals surface area contributed by atoms with Gasteiger partial charge < -0.3 is 15.2 Å². The lowest BCUT2D eigenvalue weighted by Crippen LogP contribution is -2.39. The SMILES string of the molecule is Cc1ccccc1C(C)NC(=NCc1ccccc1)NCc1nnc(C)n1C.I. The summed E-state index contributed by atoms with van der Waals surface area (Å²) in [7, 11) is 1.97. The van der Waals surface area contributed by atoms with Crippen molar-refractivity contribution in [2.75, 3.05) is 0 Å². The Kier molecular flexibility index (Phi) is 8.63. The molecular weight excluding hydrogens is 475 g/mol. The Morgan fingerprint density at radius 2 is 1.72 bits per heavy atom. The van der Waals surface area contributed by atoms with Crippen molar-refractivity contribution >= 4 is 29.9 Å². The third-order valence-electron chi connectivity index (χ3n) is 4.87. The van der Waals surface area contributed by atoms with E-state index in [0.29, 0.717) is 13.1 Å². The van der Waals surface area contributed by atoms with Crippen molar-refractivity contribution in [3.63, 3.8) is 0 Å². The van der Waals surface area contributed by atoms with E-state index in [2.05, 4.69) is 71.1 Å². The first-order valence-electron chi connectivity index (χ1n) is 9.53. The molecule has 0 fully saturated rings. The maximum Gasteiger partial charge on any atom is 0.192 e. The molecule has 0 amide bonds. The zero-order valence-corrected chi connectivity index (χ0v) is 19.7. The summed E-state index contributed by atoms with van der Waals surface area (Å²) in [6, 6.07) is 18.8. The number of hydrogen-bond donors (Lipinski definition) is 2. The average molecular weight is 504 g/mol. The minimum absolute atomic E-state index is 0. The van der Waals surface area contributed by atoms with Crippen molar-refractivity contribution in [2.24, 2.45) is 12.0 Å². The third-order valence-corrected chi connectivity index (χ3v) is 4.87. The molecule has 0 saturated carbocycles. The molecule has 0 spiro atoms. The van der Waals surface area contributed by atoms with Crippen LogP contribution >= 0.6 is 24.0 Å². The van der Waals surface area contributed by atoms with E-state index in [0.717, 1.165) is 17.6 Å². The van der Waals surface area contributed by atoms with Gasteiger partial charge in [-0.3, -0.25) is 0 Å². The molecule has 3 rings (SSSR count). The Bertz CT molecular complexity index is 935. The van der Waals surface area contributed by atoms with Gasteiger partial charge in [0.2, 0.25) is 0 Å². The van der Waals surface area contributed by atoms with Crippen molar-refractivity contribution in [3.05, 3.63) is 82.9 Å². The first-order valence-corrected chi connectivity index (χ1v) is 9.53. The summed E-state index contributed by atoms with van der Waals surface area (Å²) in [5.74, 6) is 2.51. The third kappa shape index (κ3) is 6.28. The van der Waals surface area contributed by atoms with E-state index in [1.165, 1.54) is 16.7 Å². The second-order valence-electron chi connectivity index (χ2n) is 6.95. The van der Waals surface area contributed by atoms with E-state index in [1.54, 1.807) is 0 Å². The van der Waals surface area contributed by atoms with Crippen LogP contribution in [0.4, 0.5) is 0 Å². The van der Waals surface area contributed by atoms with Gasteiger partial charge in [-0.2, -0.15) is 0 Å². The normalized spacial score (nSPS) is 12.2. The second kappa shape index (κ2) is 10.9. The maximum atomic E-state index is 4.78. The summed E-state index contributed by atoms with van der Waals surface area (Å²) in [4.78, 5) is 4.78. The highest BCUT2D eigenvalue weighted by atomic mass is 127. The zero-order valence-electron chi connectivity index (χ0n) is 17.4. The number of nitrogens with one attached hydrogen (secondary N) is 2. The minimum Gasteiger partial charge on any atom is -0.350 e. The molecule has 6 nitrogen and oxygen atoms in total. The predicted octanol–water partition coefficient (Wildman–Crippen LogP) is 4.05. The molecule has 0 saturated heterocycles. The van der Waals surface area contributed by atoms with Crippen molar-refractivity contribution in [3.8, 4) is 0 Å². The number of rotatable bonds is 6. The first kappa shape index (κ1) is 22.9. The van der Waals surface area contributed by atoms with Crippen LogP contribution in [0.15, 0.2) is 59.6 Å². The number of benzene rings is 2. The van der Waals surface area contributed by atoms with E-state index in [-0.39, 0.29) is 30.0 Å². The van der Waals surface area contributed by atoms with Crippen LogP contribution in [0.3, 0.4) is 0 Å². The molecule has 1 aromatic heterocycles. The smallest absolute Gasteiger partial charge is 0.192 e. The zero-order chi connectivity index (χ0) is 19.9. The van der Waals surface area contributed by atoms with Gasteiger partial charge in [0, 0.05) is 7.05 Å². The molecule has 154 valence electrons. The van der Waals surface area contributed by atoms with E-state index < -0.39 is 0 Å². The summed E-state index contributed by atoms with van der Waals surface area (Å²) in [6.07, 6.45) is 0. The number of guanidine groups is 1. The fourth-order valence-electron chi connectivity index (χ4n) is 3.03. The molecule has 2 aromatic carbocycles. The highest BCUT2D eigenvalue weighted by Gasteiger charge is 2.11. The van der Waals surface area contributed by atoms with E-state index >= 15 is 0 Å². The van der Waals surface area contributed by atoms with Crippen LogP contribution in [0.5, 0.6) is 0 Å². The highest BCUT2D eigenvalue weighted by molar-refractivity contribution is 14.0. The fraction of sp³-hybridized carbons (Fsp3) is 0.318. The van der Waals surface area contributed by atoms with Gasteiger partial charge in [0.25, 0.3) is 0 Å². The van der Waals surface area contributed by atoms with Crippen molar-refractivity contribution in [1.82, 2.24) is 25.4 Å². The van der Waals surface area contributed by atoms with Crippen LogP contribution in [0.25, 0.3) is 0 Å². The Morgan fingerprint density at radius 1 is 1.03 bits per heavy atom. The van der Waals surface area contributed by atoms with E-state index in [4.69, 9.17) is 4.99 Å². The van der Waals surface area contributed by atoms with Gasteiger partial charge in [-0.1, -0.05) is 54.6 Å². The summed E-state index contributed by atoms with van der Waals surface area (Å²) >= 11 is 0. The Hall–Kier alpha value is -2.42. The molecule has 2 N–H and O–H groups in total. The van der Waals surface area contributed by atoms with Gasteiger partial charge in [0.1, 0.15) is 5.82 Å². The quantitative estimate of drug-likeness (QED) is 0.302. The lowest BCUT2D eigenvalue weighted by atomic mass is 10.0. The van der Waals surface area contributed by atoms with Gasteiger partial charge in [-0.15, -0.1) is 34.2 Å². The Morgan fingerprint density at radius 3 is 2.38 bits per heavy atom. The van der Waals surface area contributed by atoms with Gasteiger partial charge in [0.15, 0.2) is 11.8 Å². The molecule has 0 aliphatic carbocycles. The summed E-state index contributed by atoms with van der Waals surface area (Å²) in [6.45, 7) is 7.38. The van der Waals surface area contributed by atoms with Crippen molar-refractivity contribution in [2.45, 2.75) is 39.9 Å². The molecular formula is C22H29IN6. The largest absolute Gasteiger partial charge is 0.350 e. The molecule has 7 heteroatoms. The first-order chi connectivity index (χ1) is 13.5. The monoisotopic (exact) mass is 504 g/mol. The number of aliphatic imine (C=N–C) groups is 1. The summed E-state index contributed by atoms with van der Waals surface area (Å²) < 4.78 is 1.98. The van der Waals surface area contributed by atoms with Gasteiger partial charge in [-0.25, -0.2) is 4.99 Å². The van der Waals surface area contributed by atoms with Crippen LogP contribution in [-0.4, -0.2) is 20.7 Å². The van der Waals surface area contributed by atoms with Gasteiger partial charge >= 0.3 is 0 Å². The standard InChI is InChI=1S/C22H28N6.HI/c1-16-10-8-9-13-20(16)17(2)25-22(23-14-19-11-6-5-7-12-19)24-15-21-27-26-18(3)28(21)4;/h5-13,17H,14-15H2,1-4H3,(H2,23,24,25);1H. The average Bonchev–Trinajstić information content (AvgIpc) is 3.03. The number of aryl methyl sites for hydroxylation is 2. The molecule has 0 aliphatic rings. The molecule has 1 unspecified atom stereocenters. The number of aromatic nitrogens is 3. The molecule has 0 aliphatic heterocycles. The lowest BCUT2D eigenvalue weighted by Gasteiger charge is -2.20. The fourth-order valence-corrected chi connectivity index (χ4v) is 3.03. The summed E-state index contributed by atoms with van der Waals surface area (Å²) in [5, 5.41) is 15.3. The van der Waals surface area contributed by atoms with Gasteiger partial charge in [-0.05, 0) is 37.5 Å². The van der Waals surface area contributed by atoms with Crippen molar-refractivity contribution in [1.29, 1.82) is 0 Å². The van der Waals surface area contributed by atoms with Crippen LogP contribution in [-0.2, 0) is 20.1 Å². The molecule has 29 heavy (non-hydrogen) atoms. The molecule has 3 aromatic rings. The predicted molar refractivity (Wildman–Crippen MR) is 128 cm³/mol. The van der Waals surface area contributed by atoms with Crippen molar-refractivity contribution < 1.29 is 0 Å². The highest BCUT2D eigenvalue weighted by Crippen LogP contribution is 2.16. The number of nitrogens with zero attached hydrogens (tertiary/aromatic N) is 4. The van der Waals surface area contributed by atoms with Gasteiger partial charge in [0.05, 0.1) is 19.1 Å². The number of hydrogen-bond acceptors (Lipinski definition) is 3. The molecule has 1 heterocycles. The van der Waals surface area contributed by atoms with E-state index in [9.17, 15) is 0 Å². The second-order valence-corrected chi connectivity index (χ2v) is 6.95. The van der Waals surface area contributed by atoms with Crippen LogP contribution in [0.1, 0.15) is 41.3 Å². The maximum absolute atomic E-state index is 4.78. The van der Waals surface area contributed by atoms with E-state index in [1.807, 2.05) is 36.7 Å². The van der Waals surface area contributed by atoms with Crippen LogP contribution in [0, 0.1) is 13.8 Å². The topological polar surface area (TPSA) is 67.1 Å². The Balaban J connectivity index is 0.00000300. The van der Waals surface area contributed by atoms with Crippen LogP contribution in [0.2, 0.25) is 0 Å². The molecule has 1 atom stereocenters.